The zero-order valence-corrected chi connectivity index (χ0v) is 21.8. The predicted molar refractivity (Wildman–Crippen MR) is 133 cm³/mol. The molecule has 0 radical (unpaired) electrons. The minimum absolute atomic E-state index is 0.0412. The molecule has 2 aromatic rings. The quantitative estimate of drug-likeness (QED) is 0.491. The Labute approximate surface area is 201 Å². The average Bonchev–Trinajstić information content (AvgIpc) is 3.13. The van der Waals surface area contributed by atoms with Gasteiger partial charge in [-0.2, -0.15) is 4.31 Å². The van der Waals surface area contributed by atoms with E-state index in [-0.39, 0.29) is 12.1 Å². The predicted octanol–water partition coefficient (Wildman–Crippen LogP) is 4.17. The lowest BCUT2D eigenvalue weighted by atomic mass is 9.88. The lowest BCUT2D eigenvalue weighted by Crippen LogP contribution is -2.47. The van der Waals surface area contributed by atoms with Crippen molar-refractivity contribution < 1.29 is 13.5 Å². The van der Waals surface area contributed by atoms with Crippen LogP contribution in [0.25, 0.3) is 0 Å². The summed E-state index contributed by atoms with van der Waals surface area (Å²) in [6, 6.07) is 13.8. The molecule has 0 saturated heterocycles. The number of nitrogens with zero attached hydrogens (tertiary/aromatic N) is 1. The van der Waals surface area contributed by atoms with E-state index in [2.05, 4.69) is 59.4 Å². The van der Waals surface area contributed by atoms with E-state index in [1.807, 2.05) is 13.0 Å². The minimum Gasteiger partial charge on any atom is -0.390 e. The summed E-state index contributed by atoms with van der Waals surface area (Å²) in [5.74, 6) is 0.583. The molecule has 1 atom stereocenters. The average molecular weight is 524 g/mol. The Morgan fingerprint density at radius 3 is 2.41 bits per heavy atom. The molecule has 2 aromatic carbocycles. The summed E-state index contributed by atoms with van der Waals surface area (Å²) in [6.45, 7) is 6.62. The molecule has 0 bridgehead atoms. The van der Waals surface area contributed by atoms with Gasteiger partial charge in [0.25, 0.3) is 0 Å². The summed E-state index contributed by atoms with van der Waals surface area (Å²) < 4.78 is 28.3. The zero-order valence-electron chi connectivity index (χ0n) is 19.4. The van der Waals surface area contributed by atoms with E-state index in [0.29, 0.717) is 23.8 Å². The Hall–Kier alpha value is -1.25. The van der Waals surface area contributed by atoms with Gasteiger partial charge in [-0.1, -0.05) is 47.1 Å². The Bertz CT molecular complexity index is 1010. The highest BCUT2D eigenvalue weighted by Crippen LogP contribution is 2.32. The van der Waals surface area contributed by atoms with E-state index in [1.54, 1.807) is 12.1 Å². The third-order valence-electron chi connectivity index (χ3n) is 6.31. The summed E-state index contributed by atoms with van der Waals surface area (Å²) in [4.78, 5) is 0.298. The molecule has 0 saturated carbocycles. The third-order valence-corrected chi connectivity index (χ3v) is 8.73. The van der Waals surface area contributed by atoms with Crippen LogP contribution in [-0.4, -0.2) is 49.6 Å². The van der Waals surface area contributed by atoms with Crippen LogP contribution in [0.4, 0.5) is 0 Å². The van der Waals surface area contributed by atoms with Gasteiger partial charge in [-0.3, -0.25) is 0 Å². The standard InChI is InChI=1S/C25H35BrN2O3S/c1-5-19-14-22(26)10-11-24(19)32(30,31)28(4)17-23(29)16-27-25(2,3)15-18-12-20-8-6-7-9-21(20)13-18/h6-11,14,18,23,27,29H,5,12-13,15-17H2,1-4H3. The summed E-state index contributed by atoms with van der Waals surface area (Å²) in [7, 11) is -2.14. The number of hydrogen-bond acceptors (Lipinski definition) is 4. The molecule has 176 valence electrons. The Morgan fingerprint density at radius 1 is 1.19 bits per heavy atom. The van der Waals surface area contributed by atoms with Crippen molar-refractivity contribution in [2.75, 3.05) is 20.1 Å². The van der Waals surface area contributed by atoms with Crippen molar-refractivity contribution in [2.24, 2.45) is 5.92 Å². The van der Waals surface area contributed by atoms with Crippen LogP contribution in [0.2, 0.25) is 0 Å². The summed E-state index contributed by atoms with van der Waals surface area (Å²) in [5.41, 5.74) is 3.50. The van der Waals surface area contributed by atoms with Crippen molar-refractivity contribution in [1.29, 1.82) is 0 Å². The fourth-order valence-electron chi connectivity index (χ4n) is 4.69. The first kappa shape index (κ1) is 25.4. The van der Waals surface area contributed by atoms with Crippen molar-refractivity contribution in [3.05, 3.63) is 63.6 Å². The number of β-amino-alcohol motifs (C(OH)–C–C–N with tert-alkyl or cyclic N) is 1. The number of fused-ring (bicyclic) bond motifs is 1. The topological polar surface area (TPSA) is 69.6 Å². The lowest BCUT2D eigenvalue weighted by molar-refractivity contribution is 0.135. The van der Waals surface area contributed by atoms with E-state index >= 15 is 0 Å². The maximum absolute atomic E-state index is 13.1. The Morgan fingerprint density at radius 2 is 1.81 bits per heavy atom. The largest absolute Gasteiger partial charge is 0.390 e. The number of benzene rings is 2. The van der Waals surface area contributed by atoms with E-state index in [9.17, 15) is 13.5 Å². The molecule has 32 heavy (non-hydrogen) atoms. The summed E-state index contributed by atoms with van der Waals surface area (Å²) in [6.07, 6.45) is 3.01. The van der Waals surface area contributed by atoms with Gasteiger partial charge in [0.1, 0.15) is 0 Å². The number of rotatable bonds is 10. The molecule has 1 unspecified atom stereocenters. The van der Waals surface area contributed by atoms with Gasteiger partial charge in [0.05, 0.1) is 11.0 Å². The molecule has 2 N–H and O–H groups in total. The smallest absolute Gasteiger partial charge is 0.243 e. The van der Waals surface area contributed by atoms with Gasteiger partial charge < -0.3 is 10.4 Å². The lowest BCUT2D eigenvalue weighted by Gasteiger charge is -2.31. The Balaban J connectivity index is 1.54. The van der Waals surface area contributed by atoms with Crippen LogP contribution < -0.4 is 5.32 Å². The molecule has 0 aromatic heterocycles. The van der Waals surface area contributed by atoms with Gasteiger partial charge in [-0.25, -0.2) is 8.42 Å². The fourth-order valence-corrected chi connectivity index (χ4v) is 6.57. The third kappa shape index (κ3) is 6.20. The molecule has 3 rings (SSSR count). The number of halogens is 1. The highest BCUT2D eigenvalue weighted by molar-refractivity contribution is 9.10. The van der Waals surface area contributed by atoms with Gasteiger partial charge in [-0.15, -0.1) is 0 Å². The van der Waals surface area contributed by atoms with Crippen molar-refractivity contribution in [3.63, 3.8) is 0 Å². The number of sulfonamides is 1. The van der Waals surface area contributed by atoms with Crippen molar-refractivity contribution in [2.45, 2.75) is 63.0 Å². The number of likely N-dealkylation sites (N-methyl/N-ethyl adjacent to an activating group) is 1. The maximum Gasteiger partial charge on any atom is 0.243 e. The zero-order chi connectivity index (χ0) is 23.5. The van der Waals surface area contributed by atoms with Crippen LogP contribution in [0.5, 0.6) is 0 Å². The van der Waals surface area contributed by atoms with Gasteiger partial charge >= 0.3 is 0 Å². The van der Waals surface area contributed by atoms with E-state index in [4.69, 9.17) is 0 Å². The molecule has 0 amide bonds. The number of aryl methyl sites for hydroxylation is 1. The van der Waals surface area contributed by atoms with Crippen LogP contribution in [0.1, 0.15) is 43.9 Å². The van der Waals surface area contributed by atoms with Gasteiger partial charge in [0.2, 0.25) is 10.0 Å². The Kier molecular flexibility index (Phi) is 8.20. The number of aliphatic hydroxyl groups excluding tert-OH is 1. The van der Waals surface area contributed by atoms with Gasteiger partial charge in [0.15, 0.2) is 0 Å². The molecule has 7 heteroatoms. The second kappa shape index (κ2) is 10.3. The SMILES string of the molecule is CCc1cc(Br)ccc1S(=O)(=O)N(C)CC(O)CNC(C)(C)CC1Cc2ccccc2C1. The van der Waals surface area contributed by atoms with Crippen LogP contribution in [0.3, 0.4) is 0 Å². The number of hydrogen-bond donors (Lipinski definition) is 2. The van der Waals surface area contributed by atoms with Crippen LogP contribution in [-0.2, 0) is 29.3 Å². The summed E-state index contributed by atoms with van der Waals surface area (Å²) >= 11 is 3.40. The monoisotopic (exact) mass is 522 g/mol. The fraction of sp³-hybridized carbons (Fsp3) is 0.520. The molecule has 1 aliphatic rings. The van der Waals surface area contributed by atoms with Crippen molar-refractivity contribution >= 4 is 26.0 Å². The number of aliphatic hydroxyl groups is 1. The van der Waals surface area contributed by atoms with Crippen molar-refractivity contribution in [3.8, 4) is 0 Å². The first-order valence-electron chi connectivity index (χ1n) is 11.3. The normalized spacial score (nSPS) is 15.8. The molecule has 0 aliphatic heterocycles. The molecule has 0 spiro atoms. The first-order chi connectivity index (χ1) is 15.0. The highest BCUT2D eigenvalue weighted by Gasteiger charge is 2.29. The van der Waals surface area contributed by atoms with Gasteiger partial charge in [0, 0.05) is 30.1 Å². The van der Waals surface area contributed by atoms with E-state index in [1.165, 1.54) is 22.5 Å². The molecular weight excluding hydrogens is 488 g/mol. The molecule has 0 heterocycles. The maximum atomic E-state index is 13.1. The molecule has 5 nitrogen and oxygen atoms in total. The van der Waals surface area contributed by atoms with Crippen LogP contribution in [0, 0.1) is 5.92 Å². The first-order valence-corrected chi connectivity index (χ1v) is 13.5. The number of nitrogens with one attached hydrogen (secondary N) is 1. The van der Waals surface area contributed by atoms with Crippen LogP contribution >= 0.6 is 15.9 Å². The van der Waals surface area contributed by atoms with Crippen molar-refractivity contribution in [1.82, 2.24) is 9.62 Å². The highest BCUT2D eigenvalue weighted by atomic mass is 79.9. The second-order valence-corrected chi connectivity index (χ2v) is 12.5. The molecule has 1 aliphatic carbocycles. The minimum atomic E-state index is -3.67. The molecule has 0 fully saturated rings. The van der Waals surface area contributed by atoms with Crippen LogP contribution in [0.15, 0.2) is 51.8 Å². The van der Waals surface area contributed by atoms with Gasteiger partial charge in [-0.05, 0) is 80.3 Å². The second-order valence-electron chi connectivity index (χ2n) is 9.56. The van der Waals surface area contributed by atoms with E-state index in [0.717, 1.165) is 29.3 Å². The van der Waals surface area contributed by atoms with E-state index < -0.39 is 16.1 Å². The summed E-state index contributed by atoms with van der Waals surface area (Å²) in [5, 5.41) is 14.1. The molecular formula is C25H35BrN2O3S.